The molecule has 2 aliphatic heterocycles. The fourth-order valence-electron chi connectivity index (χ4n) is 4.46. The van der Waals surface area contributed by atoms with E-state index in [1.165, 1.54) is 27.8 Å². The molecule has 0 aliphatic carbocycles. The normalized spacial score (nSPS) is 18.3. The van der Waals surface area contributed by atoms with Gasteiger partial charge in [-0.1, -0.05) is 38.1 Å². The maximum absolute atomic E-state index is 6.29. The van der Waals surface area contributed by atoms with Crippen molar-refractivity contribution in [3.05, 3.63) is 58.1 Å². The number of hydrogen-bond acceptors (Lipinski definition) is 3. The number of rotatable bonds is 3. The van der Waals surface area contributed by atoms with Crippen molar-refractivity contribution in [2.45, 2.75) is 71.4 Å². The summed E-state index contributed by atoms with van der Waals surface area (Å²) in [5.41, 5.74) is 7.03. The number of hydrogen-bond donors (Lipinski definition) is 0. The minimum atomic E-state index is -0.232. The summed E-state index contributed by atoms with van der Waals surface area (Å²) in [6, 6.07) is 11.1. The molecule has 2 heterocycles. The highest BCUT2D eigenvalue weighted by molar-refractivity contribution is 6.16. The first kappa shape index (κ1) is 21.7. The summed E-state index contributed by atoms with van der Waals surface area (Å²) in [5.74, 6) is 2.25. The monoisotopic (exact) mass is 413 g/mol. The fraction of sp³-hybridized carbons (Fsp3) is 0.480. The Balaban J connectivity index is 0.00000240. The van der Waals surface area contributed by atoms with E-state index in [9.17, 15) is 0 Å². The van der Waals surface area contributed by atoms with Gasteiger partial charge in [0.15, 0.2) is 11.5 Å². The Bertz CT molecular complexity index is 956. The minimum absolute atomic E-state index is 0. The Labute approximate surface area is 180 Å². The van der Waals surface area contributed by atoms with Gasteiger partial charge in [0.25, 0.3) is 0 Å². The SMILES string of the molecule is COc1cc2c(c3c1OC(C)(C)C3)C(c1ccc(C(C)C)cc1)=NC(C)(C)C2.Cl. The lowest BCUT2D eigenvalue weighted by Crippen LogP contribution is -2.30. The first-order valence-corrected chi connectivity index (χ1v) is 10.2. The molecule has 0 aromatic heterocycles. The Hall–Kier alpha value is -2.00. The highest BCUT2D eigenvalue weighted by atomic mass is 35.5. The van der Waals surface area contributed by atoms with Crippen LogP contribution in [0.5, 0.6) is 11.5 Å². The van der Waals surface area contributed by atoms with Crippen LogP contribution >= 0.6 is 12.4 Å². The molecular weight excluding hydrogens is 382 g/mol. The van der Waals surface area contributed by atoms with E-state index < -0.39 is 0 Å². The number of nitrogens with zero attached hydrogens (tertiary/aromatic N) is 1. The lowest BCUT2D eigenvalue weighted by Gasteiger charge is -2.31. The Morgan fingerprint density at radius 2 is 1.69 bits per heavy atom. The van der Waals surface area contributed by atoms with Crippen LogP contribution < -0.4 is 9.47 Å². The van der Waals surface area contributed by atoms with Crippen molar-refractivity contribution in [2.75, 3.05) is 7.11 Å². The molecule has 0 radical (unpaired) electrons. The smallest absolute Gasteiger partial charge is 0.166 e. The summed E-state index contributed by atoms with van der Waals surface area (Å²) in [4.78, 5) is 5.20. The summed E-state index contributed by atoms with van der Waals surface area (Å²) >= 11 is 0. The van der Waals surface area contributed by atoms with E-state index in [-0.39, 0.29) is 23.5 Å². The Morgan fingerprint density at radius 1 is 1.03 bits per heavy atom. The summed E-state index contributed by atoms with van der Waals surface area (Å²) in [5, 5.41) is 0. The zero-order valence-corrected chi connectivity index (χ0v) is 19.4. The molecule has 0 saturated carbocycles. The predicted octanol–water partition coefficient (Wildman–Crippen LogP) is 6.13. The highest BCUT2D eigenvalue weighted by Crippen LogP contribution is 2.47. The second-order valence-electron chi connectivity index (χ2n) is 9.69. The molecule has 0 N–H and O–H groups in total. The van der Waals surface area contributed by atoms with Crippen LogP contribution in [0.3, 0.4) is 0 Å². The maximum Gasteiger partial charge on any atom is 0.166 e. The molecule has 2 aromatic rings. The summed E-state index contributed by atoms with van der Waals surface area (Å²) in [7, 11) is 1.73. The number of halogens is 1. The van der Waals surface area contributed by atoms with Gasteiger partial charge >= 0.3 is 0 Å². The first-order chi connectivity index (χ1) is 13.1. The van der Waals surface area contributed by atoms with Crippen molar-refractivity contribution < 1.29 is 9.47 Å². The maximum atomic E-state index is 6.29. The topological polar surface area (TPSA) is 30.8 Å². The molecule has 0 amide bonds. The van der Waals surface area contributed by atoms with Gasteiger partial charge in [-0.05, 0) is 57.2 Å². The van der Waals surface area contributed by atoms with Crippen molar-refractivity contribution in [3.63, 3.8) is 0 Å². The molecule has 0 spiro atoms. The van der Waals surface area contributed by atoms with E-state index in [1.54, 1.807) is 7.11 Å². The number of fused-ring (bicyclic) bond motifs is 3. The van der Waals surface area contributed by atoms with Gasteiger partial charge in [0.2, 0.25) is 0 Å². The number of aliphatic imine (C=N–C) groups is 1. The fourth-order valence-corrected chi connectivity index (χ4v) is 4.46. The van der Waals surface area contributed by atoms with E-state index >= 15 is 0 Å². The van der Waals surface area contributed by atoms with E-state index in [2.05, 4.69) is 71.9 Å². The Morgan fingerprint density at radius 3 is 2.28 bits per heavy atom. The van der Waals surface area contributed by atoms with E-state index in [4.69, 9.17) is 14.5 Å². The van der Waals surface area contributed by atoms with Crippen LogP contribution in [0.4, 0.5) is 0 Å². The minimum Gasteiger partial charge on any atom is -0.493 e. The largest absolute Gasteiger partial charge is 0.493 e. The van der Waals surface area contributed by atoms with Crippen LogP contribution in [-0.4, -0.2) is 24.0 Å². The van der Waals surface area contributed by atoms with Gasteiger partial charge in [0.05, 0.1) is 18.4 Å². The van der Waals surface area contributed by atoms with Crippen molar-refractivity contribution in [3.8, 4) is 11.5 Å². The lowest BCUT2D eigenvalue weighted by molar-refractivity contribution is 0.134. The average Bonchev–Trinajstić information content (AvgIpc) is 2.94. The molecule has 156 valence electrons. The molecule has 0 fully saturated rings. The van der Waals surface area contributed by atoms with Crippen molar-refractivity contribution in [1.29, 1.82) is 0 Å². The average molecular weight is 414 g/mol. The van der Waals surface area contributed by atoms with Crippen LogP contribution in [-0.2, 0) is 12.8 Å². The zero-order valence-electron chi connectivity index (χ0n) is 18.6. The molecule has 3 nitrogen and oxygen atoms in total. The number of methoxy groups -OCH3 is 1. The third-order valence-electron chi connectivity index (χ3n) is 5.75. The van der Waals surface area contributed by atoms with Gasteiger partial charge in [0, 0.05) is 23.1 Å². The van der Waals surface area contributed by atoms with E-state index in [0.29, 0.717) is 5.92 Å². The predicted molar refractivity (Wildman–Crippen MR) is 123 cm³/mol. The van der Waals surface area contributed by atoms with Crippen LogP contribution in [0.2, 0.25) is 0 Å². The third-order valence-corrected chi connectivity index (χ3v) is 5.75. The van der Waals surface area contributed by atoms with Gasteiger partial charge in [-0.3, -0.25) is 4.99 Å². The van der Waals surface area contributed by atoms with E-state index in [1.807, 2.05) is 0 Å². The molecule has 2 aromatic carbocycles. The van der Waals surface area contributed by atoms with Crippen molar-refractivity contribution in [2.24, 2.45) is 4.99 Å². The molecular formula is C25H32ClNO2. The van der Waals surface area contributed by atoms with E-state index in [0.717, 1.165) is 30.1 Å². The molecule has 0 unspecified atom stereocenters. The summed E-state index contributed by atoms with van der Waals surface area (Å²) in [6.07, 6.45) is 1.77. The molecule has 4 heteroatoms. The molecule has 0 atom stereocenters. The van der Waals surface area contributed by atoms with Gasteiger partial charge < -0.3 is 9.47 Å². The second kappa shape index (κ2) is 7.36. The molecule has 2 aliphatic rings. The third kappa shape index (κ3) is 3.90. The standard InChI is InChI=1S/C25H31NO2.ClH/c1-15(2)16-8-10-17(11-9-16)22-21-18(13-24(3,4)26-22)12-20(27-7)23-19(21)14-25(5,6)28-23;/h8-12,15H,13-14H2,1-7H3;1H. The quantitative estimate of drug-likeness (QED) is 0.606. The van der Waals surface area contributed by atoms with Crippen molar-refractivity contribution in [1.82, 2.24) is 0 Å². The second-order valence-corrected chi connectivity index (χ2v) is 9.69. The highest BCUT2D eigenvalue weighted by Gasteiger charge is 2.39. The summed E-state index contributed by atoms with van der Waals surface area (Å²) in [6.45, 7) is 13.1. The van der Waals surface area contributed by atoms with Gasteiger partial charge in [-0.2, -0.15) is 0 Å². The first-order valence-electron chi connectivity index (χ1n) is 10.2. The number of ether oxygens (including phenoxy) is 2. The lowest BCUT2D eigenvalue weighted by atomic mass is 9.80. The molecule has 0 saturated heterocycles. The molecule has 4 rings (SSSR count). The van der Waals surface area contributed by atoms with Gasteiger partial charge in [-0.15, -0.1) is 12.4 Å². The summed E-state index contributed by atoms with van der Waals surface area (Å²) < 4.78 is 12.0. The number of benzene rings is 2. The van der Waals surface area contributed by atoms with Gasteiger partial charge in [-0.25, -0.2) is 0 Å². The molecule has 0 bridgehead atoms. The zero-order chi connectivity index (χ0) is 20.3. The van der Waals surface area contributed by atoms with Crippen LogP contribution in [0, 0.1) is 0 Å². The van der Waals surface area contributed by atoms with Gasteiger partial charge in [0.1, 0.15) is 5.60 Å². The Kier molecular flexibility index (Phi) is 5.51. The van der Waals surface area contributed by atoms with Crippen LogP contribution in [0.1, 0.15) is 75.3 Å². The molecule has 29 heavy (non-hydrogen) atoms. The van der Waals surface area contributed by atoms with Crippen molar-refractivity contribution >= 4 is 18.1 Å². The van der Waals surface area contributed by atoms with Crippen LogP contribution in [0.25, 0.3) is 0 Å². The van der Waals surface area contributed by atoms with Crippen LogP contribution in [0.15, 0.2) is 35.3 Å².